The van der Waals surface area contributed by atoms with E-state index in [2.05, 4.69) is 18.7 Å². The molecule has 4 heteroatoms. The van der Waals surface area contributed by atoms with Crippen LogP contribution in [0.2, 0.25) is 5.02 Å². The van der Waals surface area contributed by atoms with Gasteiger partial charge in [0.05, 0.1) is 14.5 Å². The van der Waals surface area contributed by atoms with Gasteiger partial charge in [-0.25, -0.2) is 0 Å². The zero-order valence-electron chi connectivity index (χ0n) is 6.41. The first-order chi connectivity index (χ1) is 6.22. The van der Waals surface area contributed by atoms with Crippen LogP contribution in [0.1, 0.15) is 5.56 Å². The monoisotopic (exact) mass is 225 g/mol. The fourth-order valence-electron chi connectivity index (χ4n) is 1.17. The fourth-order valence-corrected chi connectivity index (χ4v) is 2.72. The van der Waals surface area contributed by atoms with Gasteiger partial charge >= 0.3 is 0 Å². The van der Waals surface area contributed by atoms with Crippen molar-refractivity contribution in [2.45, 2.75) is 4.21 Å². The molecule has 0 aliphatic carbocycles. The normalized spacial score (nSPS) is 10.2. The van der Waals surface area contributed by atoms with Crippen molar-refractivity contribution >= 4 is 45.7 Å². The number of nitrogens with zero attached hydrogens (tertiary/aromatic N) is 1. The number of hydrogen-bond donors (Lipinski definition) is 1. The molecule has 0 fully saturated rings. The van der Waals surface area contributed by atoms with E-state index in [-0.39, 0.29) is 0 Å². The van der Waals surface area contributed by atoms with Crippen molar-refractivity contribution in [3.63, 3.8) is 0 Å². The molecular weight excluding hydrogens is 222 g/mol. The molecule has 0 saturated carbocycles. The lowest BCUT2D eigenvalue weighted by Crippen LogP contribution is -1.73. The van der Waals surface area contributed by atoms with Crippen molar-refractivity contribution in [3.8, 4) is 6.07 Å². The van der Waals surface area contributed by atoms with E-state index in [0.717, 1.165) is 14.3 Å². The van der Waals surface area contributed by atoms with Crippen LogP contribution in [0.25, 0.3) is 10.1 Å². The summed E-state index contributed by atoms with van der Waals surface area (Å²) in [6, 6.07) is 7.48. The van der Waals surface area contributed by atoms with Crippen molar-refractivity contribution in [1.29, 1.82) is 5.26 Å². The average Bonchev–Trinajstić information content (AvgIpc) is 2.48. The Bertz CT molecular complexity index is 510. The maximum absolute atomic E-state index is 8.82. The molecule has 0 bridgehead atoms. The molecular formula is C9H4ClNS2. The SMILES string of the molecule is N#Cc1ccc(Cl)c2cc(S)sc12. The third-order valence-corrected chi connectivity index (χ3v) is 3.44. The van der Waals surface area contributed by atoms with Gasteiger partial charge in [0.2, 0.25) is 0 Å². The van der Waals surface area contributed by atoms with Gasteiger partial charge in [-0.15, -0.1) is 24.0 Å². The number of rotatable bonds is 0. The molecule has 0 N–H and O–H groups in total. The summed E-state index contributed by atoms with van der Waals surface area (Å²) >= 11 is 11.7. The molecule has 0 unspecified atom stereocenters. The Morgan fingerprint density at radius 1 is 1.46 bits per heavy atom. The van der Waals surface area contributed by atoms with Gasteiger partial charge in [-0.3, -0.25) is 0 Å². The van der Waals surface area contributed by atoms with E-state index in [9.17, 15) is 0 Å². The minimum absolute atomic E-state index is 0.657. The van der Waals surface area contributed by atoms with Crippen LogP contribution in [0, 0.1) is 11.3 Å². The summed E-state index contributed by atoms with van der Waals surface area (Å²) in [6.45, 7) is 0. The van der Waals surface area contributed by atoms with Gasteiger partial charge in [0, 0.05) is 10.4 Å². The first-order valence-electron chi connectivity index (χ1n) is 3.53. The summed E-state index contributed by atoms with van der Waals surface area (Å²) in [6.07, 6.45) is 0. The topological polar surface area (TPSA) is 23.8 Å². The molecule has 1 aromatic heterocycles. The highest BCUT2D eigenvalue weighted by molar-refractivity contribution is 7.83. The number of thiophene rings is 1. The maximum atomic E-state index is 8.82. The van der Waals surface area contributed by atoms with Crippen molar-refractivity contribution in [3.05, 3.63) is 28.8 Å². The highest BCUT2D eigenvalue weighted by atomic mass is 35.5. The second-order valence-electron chi connectivity index (χ2n) is 2.53. The molecule has 1 aromatic carbocycles. The van der Waals surface area contributed by atoms with Crippen LogP contribution in [0.3, 0.4) is 0 Å². The summed E-state index contributed by atoms with van der Waals surface area (Å²) in [5.41, 5.74) is 0.657. The Labute approximate surface area is 90.0 Å². The molecule has 13 heavy (non-hydrogen) atoms. The van der Waals surface area contributed by atoms with Crippen LogP contribution < -0.4 is 0 Å². The number of hydrogen-bond acceptors (Lipinski definition) is 3. The second kappa shape index (κ2) is 3.22. The summed E-state index contributed by atoms with van der Waals surface area (Å²) in [5.74, 6) is 0. The minimum Gasteiger partial charge on any atom is -0.192 e. The standard InChI is InChI=1S/C9H4ClNS2/c10-7-2-1-5(4-11)9-6(7)3-8(12)13-9/h1-3,12H. The molecule has 0 atom stereocenters. The largest absolute Gasteiger partial charge is 0.192 e. The van der Waals surface area contributed by atoms with E-state index in [0.29, 0.717) is 10.6 Å². The lowest BCUT2D eigenvalue weighted by atomic mass is 10.2. The molecule has 2 rings (SSSR count). The van der Waals surface area contributed by atoms with E-state index in [1.165, 1.54) is 11.3 Å². The van der Waals surface area contributed by atoms with Crippen LogP contribution in [0.5, 0.6) is 0 Å². The number of halogens is 1. The Morgan fingerprint density at radius 2 is 2.23 bits per heavy atom. The van der Waals surface area contributed by atoms with Gasteiger partial charge in [-0.05, 0) is 18.2 Å². The first kappa shape index (κ1) is 8.89. The number of benzene rings is 1. The van der Waals surface area contributed by atoms with Crippen LogP contribution in [0.15, 0.2) is 22.4 Å². The van der Waals surface area contributed by atoms with E-state index >= 15 is 0 Å². The fraction of sp³-hybridized carbons (Fsp3) is 0. The third kappa shape index (κ3) is 1.42. The number of fused-ring (bicyclic) bond motifs is 1. The van der Waals surface area contributed by atoms with Gasteiger partial charge in [-0.2, -0.15) is 5.26 Å². The molecule has 0 aliphatic heterocycles. The Morgan fingerprint density at radius 3 is 2.92 bits per heavy atom. The molecule has 1 heterocycles. The lowest BCUT2D eigenvalue weighted by molar-refractivity contribution is 1.51. The number of thiol groups is 1. The lowest BCUT2D eigenvalue weighted by Gasteiger charge is -1.94. The van der Waals surface area contributed by atoms with E-state index < -0.39 is 0 Å². The first-order valence-corrected chi connectivity index (χ1v) is 5.17. The van der Waals surface area contributed by atoms with Gasteiger partial charge in [0.15, 0.2) is 0 Å². The van der Waals surface area contributed by atoms with Crippen molar-refractivity contribution in [1.82, 2.24) is 0 Å². The number of nitriles is 1. The van der Waals surface area contributed by atoms with Crippen LogP contribution in [-0.4, -0.2) is 0 Å². The summed E-state index contributed by atoms with van der Waals surface area (Å²) in [7, 11) is 0. The van der Waals surface area contributed by atoms with Crippen LogP contribution in [-0.2, 0) is 0 Å². The molecule has 0 spiro atoms. The molecule has 2 aromatic rings. The summed E-state index contributed by atoms with van der Waals surface area (Å²) in [5, 5.41) is 10.4. The van der Waals surface area contributed by atoms with E-state index in [1.54, 1.807) is 12.1 Å². The zero-order chi connectivity index (χ0) is 9.42. The van der Waals surface area contributed by atoms with Gasteiger partial charge in [0.1, 0.15) is 6.07 Å². The Kier molecular flexibility index (Phi) is 2.20. The maximum Gasteiger partial charge on any atom is 0.101 e. The molecule has 0 amide bonds. The quantitative estimate of drug-likeness (QED) is 0.679. The van der Waals surface area contributed by atoms with Gasteiger partial charge in [0.25, 0.3) is 0 Å². The third-order valence-electron chi connectivity index (χ3n) is 1.74. The molecule has 64 valence electrons. The predicted octanol–water partition coefficient (Wildman–Crippen LogP) is 3.72. The van der Waals surface area contributed by atoms with Crippen LogP contribution >= 0.6 is 35.6 Å². The summed E-state index contributed by atoms with van der Waals surface area (Å²) < 4.78 is 1.79. The van der Waals surface area contributed by atoms with Gasteiger partial charge < -0.3 is 0 Å². The van der Waals surface area contributed by atoms with E-state index in [1.807, 2.05) is 6.07 Å². The van der Waals surface area contributed by atoms with Gasteiger partial charge in [-0.1, -0.05) is 11.6 Å². The molecule has 1 nitrogen and oxygen atoms in total. The molecule has 0 aliphatic rings. The van der Waals surface area contributed by atoms with Crippen LogP contribution in [0.4, 0.5) is 0 Å². The average molecular weight is 226 g/mol. The minimum atomic E-state index is 0.657. The van der Waals surface area contributed by atoms with Crippen molar-refractivity contribution < 1.29 is 0 Å². The van der Waals surface area contributed by atoms with Crippen molar-refractivity contribution in [2.24, 2.45) is 0 Å². The summed E-state index contributed by atoms with van der Waals surface area (Å²) in [4.78, 5) is 0. The van der Waals surface area contributed by atoms with E-state index in [4.69, 9.17) is 16.9 Å². The highest BCUT2D eigenvalue weighted by Crippen LogP contribution is 2.35. The highest BCUT2D eigenvalue weighted by Gasteiger charge is 2.07. The molecule has 0 radical (unpaired) electrons. The zero-order valence-corrected chi connectivity index (χ0v) is 8.88. The predicted molar refractivity (Wildman–Crippen MR) is 58.8 cm³/mol. The molecule has 0 saturated heterocycles. The Balaban J connectivity index is 2.94. The Hall–Kier alpha value is -0.690. The smallest absolute Gasteiger partial charge is 0.101 e. The second-order valence-corrected chi connectivity index (χ2v) is 4.78. The van der Waals surface area contributed by atoms with Crippen molar-refractivity contribution in [2.75, 3.05) is 0 Å².